The molecule has 1 N–H and O–H groups in total. The average Bonchev–Trinajstić information content (AvgIpc) is 2.83. The lowest BCUT2D eigenvalue weighted by Gasteiger charge is -2.28. The van der Waals surface area contributed by atoms with Crippen molar-refractivity contribution < 1.29 is 9.90 Å². The van der Waals surface area contributed by atoms with E-state index < -0.39 is 5.97 Å². The largest absolute Gasteiger partial charge is 0.478 e. The number of nitrogens with zero attached hydrogens (tertiary/aromatic N) is 1. The SMILES string of the molecule is O=C(O)c1ccc2c(c1)CN(Cc1ccc(Br)s1)CC2. The molecule has 0 fully saturated rings. The maximum atomic E-state index is 11.0. The van der Waals surface area contributed by atoms with Crippen molar-refractivity contribution in [1.82, 2.24) is 4.90 Å². The fourth-order valence-corrected chi connectivity index (χ4v) is 4.07. The maximum absolute atomic E-state index is 11.0. The van der Waals surface area contributed by atoms with Crippen molar-refractivity contribution in [3.8, 4) is 0 Å². The summed E-state index contributed by atoms with van der Waals surface area (Å²) in [5.41, 5.74) is 2.80. The molecule has 20 heavy (non-hydrogen) atoms. The van der Waals surface area contributed by atoms with Gasteiger partial charge in [-0.15, -0.1) is 11.3 Å². The Balaban J connectivity index is 1.76. The molecular formula is C15H14BrNO2S. The van der Waals surface area contributed by atoms with Crippen LogP contribution in [-0.4, -0.2) is 22.5 Å². The van der Waals surface area contributed by atoms with E-state index in [2.05, 4.69) is 33.0 Å². The first-order valence-corrected chi connectivity index (χ1v) is 8.04. The molecule has 1 aliphatic heterocycles. The molecule has 0 saturated heterocycles. The van der Waals surface area contributed by atoms with Gasteiger partial charge in [-0.2, -0.15) is 0 Å². The van der Waals surface area contributed by atoms with Crippen LogP contribution in [0.15, 0.2) is 34.1 Å². The zero-order valence-electron chi connectivity index (χ0n) is 10.8. The normalized spacial score (nSPS) is 15.1. The van der Waals surface area contributed by atoms with E-state index in [9.17, 15) is 4.79 Å². The van der Waals surface area contributed by atoms with Gasteiger partial charge in [0.05, 0.1) is 9.35 Å². The summed E-state index contributed by atoms with van der Waals surface area (Å²) < 4.78 is 1.15. The van der Waals surface area contributed by atoms with Crippen molar-refractivity contribution in [3.63, 3.8) is 0 Å². The quantitative estimate of drug-likeness (QED) is 0.914. The van der Waals surface area contributed by atoms with Crippen LogP contribution in [0.2, 0.25) is 0 Å². The van der Waals surface area contributed by atoms with Gasteiger partial charge < -0.3 is 5.11 Å². The van der Waals surface area contributed by atoms with Gasteiger partial charge in [0.25, 0.3) is 0 Å². The van der Waals surface area contributed by atoms with E-state index in [1.807, 2.05) is 12.1 Å². The highest BCUT2D eigenvalue weighted by Gasteiger charge is 2.18. The first kappa shape index (κ1) is 13.8. The minimum absolute atomic E-state index is 0.379. The van der Waals surface area contributed by atoms with E-state index >= 15 is 0 Å². The van der Waals surface area contributed by atoms with E-state index in [4.69, 9.17) is 5.11 Å². The van der Waals surface area contributed by atoms with Crippen molar-refractivity contribution in [3.05, 3.63) is 55.7 Å². The van der Waals surface area contributed by atoms with E-state index in [0.29, 0.717) is 5.56 Å². The zero-order valence-corrected chi connectivity index (χ0v) is 13.2. The summed E-state index contributed by atoms with van der Waals surface area (Å²) in [7, 11) is 0. The van der Waals surface area contributed by atoms with E-state index in [0.717, 1.165) is 35.4 Å². The van der Waals surface area contributed by atoms with Crippen molar-refractivity contribution >= 4 is 33.2 Å². The number of thiophene rings is 1. The van der Waals surface area contributed by atoms with E-state index in [1.54, 1.807) is 17.4 Å². The van der Waals surface area contributed by atoms with E-state index in [1.165, 1.54) is 10.4 Å². The molecule has 0 spiro atoms. The monoisotopic (exact) mass is 351 g/mol. The van der Waals surface area contributed by atoms with Crippen molar-refractivity contribution in [2.45, 2.75) is 19.5 Å². The van der Waals surface area contributed by atoms with Crippen LogP contribution >= 0.6 is 27.3 Å². The number of aromatic carboxylic acids is 1. The molecule has 0 saturated carbocycles. The summed E-state index contributed by atoms with van der Waals surface area (Å²) in [6.45, 7) is 2.77. The molecular weight excluding hydrogens is 338 g/mol. The third-order valence-electron chi connectivity index (χ3n) is 3.55. The van der Waals surface area contributed by atoms with Crippen LogP contribution in [0.5, 0.6) is 0 Å². The van der Waals surface area contributed by atoms with Crippen molar-refractivity contribution in [2.75, 3.05) is 6.54 Å². The molecule has 2 aromatic rings. The molecule has 3 nitrogen and oxygen atoms in total. The van der Waals surface area contributed by atoms with Crippen LogP contribution in [0, 0.1) is 0 Å². The minimum atomic E-state index is -0.855. The van der Waals surface area contributed by atoms with Gasteiger partial charge in [-0.1, -0.05) is 6.07 Å². The van der Waals surface area contributed by atoms with Crippen LogP contribution in [0.1, 0.15) is 26.4 Å². The molecule has 0 unspecified atom stereocenters. The Morgan fingerprint density at radius 1 is 1.30 bits per heavy atom. The molecule has 0 aliphatic carbocycles. The van der Waals surface area contributed by atoms with Crippen molar-refractivity contribution in [1.29, 1.82) is 0 Å². The van der Waals surface area contributed by atoms with Crippen LogP contribution in [0.4, 0.5) is 0 Å². The highest BCUT2D eigenvalue weighted by Crippen LogP contribution is 2.26. The topological polar surface area (TPSA) is 40.5 Å². The second-order valence-corrected chi connectivity index (χ2v) is 7.50. The minimum Gasteiger partial charge on any atom is -0.478 e. The Hall–Kier alpha value is -1.17. The number of hydrogen-bond acceptors (Lipinski definition) is 3. The number of rotatable bonds is 3. The summed E-state index contributed by atoms with van der Waals surface area (Å²) in [6, 6.07) is 9.68. The number of fused-ring (bicyclic) bond motifs is 1. The first-order chi connectivity index (χ1) is 9.61. The van der Waals surface area contributed by atoms with Crippen molar-refractivity contribution in [2.24, 2.45) is 0 Å². The number of halogens is 1. The highest BCUT2D eigenvalue weighted by molar-refractivity contribution is 9.11. The predicted molar refractivity (Wildman–Crippen MR) is 83.2 cm³/mol. The van der Waals surface area contributed by atoms with Gasteiger partial charge in [-0.25, -0.2) is 4.79 Å². The molecule has 1 aliphatic rings. The molecule has 104 valence electrons. The van der Waals surface area contributed by atoms with Crippen LogP contribution < -0.4 is 0 Å². The fourth-order valence-electron chi connectivity index (χ4n) is 2.54. The second-order valence-electron chi connectivity index (χ2n) is 4.96. The van der Waals surface area contributed by atoms with Crippen LogP contribution in [-0.2, 0) is 19.5 Å². The Bertz CT molecular complexity index is 653. The van der Waals surface area contributed by atoms with Gasteiger partial charge in [-0.05, 0) is 57.7 Å². The zero-order chi connectivity index (χ0) is 14.1. The number of carbonyl (C=O) groups is 1. The van der Waals surface area contributed by atoms with Crippen LogP contribution in [0.3, 0.4) is 0 Å². The molecule has 1 aromatic carbocycles. The third kappa shape index (κ3) is 2.95. The molecule has 5 heteroatoms. The van der Waals surface area contributed by atoms with Gasteiger partial charge >= 0.3 is 5.97 Å². The third-order valence-corrected chi connectivity index (χ3v) is 5.16. The summed E-state index contributed by atoms with van der Waals surface area (Å²) in [5, 5.41) is 9.07. The standard InChI is InChI=1S/C15H14BrNO2S/c16-14-4-3-13(20-14)9-17-6-5-10-1-2-11(15(18)19)7-12(10)8-17/h1-4,7H,5-6,8-9H2,(H,18,19). The number of carboxylic acid groups (broad SMARTS) is 1. The molecule has 0 atom stereocenters. The number of hydrogen-bond donors (Lipinski definition) is 1. The summed E-state index contributed by atoms with van der Waals surface area (Å²) in [4.78, 5) is 14.7. The Labute approximate surface area is 130 Å². The van der Waals surface area contributed by atoms with E-state index in [-0.39, 0.29) is 0 Å². The summed E-state index contributed by atoms with van der Waals surface area (Å²) in [6.07, 6.45) is 0.988. The van der Waals surface area contributed by atoms with Crippen LogP contribution in [0.25, 0.3) is 0 Å². The van der Waals surface area contributed by atoms with Gasteiger partial charge in [-0.3, -0.25) is 4.90 Å². The molecule has 3 rings (SSSR count). The molecule has 0 bridgehead atoms. The lowest BCUT2D eigenvalue weighted by molar-refractivity contribution is 0.0696. The molecule has 0 amide bonds. The molecule has 0 radical (unpaired) electrons. The summed E-state index contributed by atoms with van der Waals surface area (Å²) in [5.74, 6) is -0.855. The molecule has 1 aromatic heterocycles. The molecule has 2 heterocycles. The lowest BCUT2D eigenvalue weighted by atomic mass is 9.97. The average molecular weight is 352 g/mol. The first-order valence-electron chi connectivity index (χ1n) is 6.43. The lowest BCUT2D eigenvalue weighted by Crippen LogP contribution is -2.29. The Morgan fingerprint density at radius 3 is 2.85 bits per heavy atom. The highest BCUT2D eigenvalue weighted by atomic mass is 79.9. The Morgan fingerprint density at radius 2 is 2.15 bits per heavy atom. The van der Waals surface area contributed by atoms with Gasteiger partial charge in [0, 0.05) is 24.5 Å². The van der Waals surface area contributed by atoms with Gasteiger partial charge in [0.1, 0.15) is 0 Å². The maximum Gasteiger partial charge on any atom is 0.335 e. The predicted octanol–water partition coefficient (Wildman–Crippen LogP) is 3.77. The van der Waals surface area contributed by atoms with Gasteiger partial charge in [0.15, 0.2) is 0 Å². The number of carboxylic acids is 1. The number of benzene rings is 1. The smallest absolute Gasteiger partial charge is 0.335 e. The van der Waals surface area contributed by atoms with Gasteiger partial charge in [0.2, 0.25) is 0 Å². The Kier molecular flexibility index (Phi) is 3.92. The fraction of sp³-hybridized carbons (Fsp3) is 0.267. The summed E-state index contributed by atoms with van der Waals surface area (Å²) >= 11 is 5.23. The second kappa shape index (κ2) is 5.68.